The molecule has 1 atom stereocenters. The van der Waals surface area contributed by atoms with Crippen molar-refractivity contribution in [2.75, 3.05) is 18.0 Å². The minimum absolute atomic E-state index is 0.0613. The zero-order valence-corrected chi connectivity index (χ0v) is 20.1. The van der Waals surface area contributed by atoms with Gasteiger partial charge < -0.3 is 4.55 Å². The lowest BCUT2D eigenvalue weighted by molar-refractivity contribution is 0.240. The fourth-order valence-electron chi connectivity index (χ4n) is 5.45. The summed E-state index contributed by atoms with van der Waals surface area (Å²) in [5.74, 6) is -1.11. The lowest BCUT2D eigenvalue weighted by Gasteiger charge is -2.43. The summed E-state index contributed by atoms with van der Waals surface area (Å²) in [6.07, 6.45) is 5.61. The number of halogens is 2. The summed E-state index contributed by atoms with van der Waals surface area (Å²) in [6, 6.07) is 10.8. The highest BCUT2D eigenvalue weighted by atomic mass is 32.3. The lowest BCUT2D eigenvalue weighted by atomic mass is 9.85. The van der Waals surface area contributed by atoms with Gasteiger partial charge in [0.2, 0.25) is 0 Å². The first-order valence-corrected chi connectivity index (χ1v) is 13.4. The molecule has 1 spiro atoms. The van der Waals surface area contributed by atoms with E-state index < -0.39 is 33.6 Å². The monoisotopic (exact) mass is 502 g/mol. The molecule has 2 saturated heterocycles. The second kappa shape index (κ2) is 9.40. The number of hydrogen-bond acceptors (Lipinski definition) is 4. The molecule has 2 aromatic rings. The van der Waals surface area contributed by atoms with E-state index in [1.807, 2.05) is 0 Å². The summed E-state index contributed by atoms with van der Waals surface area (Å²) in [7, 11) is -3.71. The largest absolute Gasteiger partial charge is 0.593 e. The smallest absolute Gasteiger partial charge is 0.328 e. The molecule has 5 rings (SSSR count). The van der Waals surface area contributed by atoms with E-state index in [0.717, 1.165) is 50.3 Å². The molecule has 1 unspecified atom stereocenters. The molecule has 2 aromatic carbocycles. The highest BCUT2D eigenvalue weighted by Gasteiger charge is 2.55. The van der Waals surface area contributed by atoms with Crippen LogP contribution >= 0.6 is 0 Å². The molecule has 10 heteroatoms. The molecule has 3 fully saturated rings. The van der Waals surface area contributed by atoms with E-state index in [1.54, 1.807) is 30.3 Å². The van der Waals surface area contributed by atoms with Gasteiger partial charge in [0.25, 0.3) is 0 Å². The van der Waals surface area contributed by atoms with Crippen LogP contribution in [0.3, 0.4) is 0 Å². The summed E-state index contributed by atoms with van der Waals surface area (Å²) in [6.45, 7) is 0.286. The SMILES string of the molecule is O=C1NC(=NC2CCCCC2)C2(CCN([S+](=O)([O-])c3ccccc3)CC2)N1c1cc(F)cc(F)c1. The van der Waals surface area contributed by atoms with Crippen LogP contribution < -0.4 is 10.2 Å². The Kier molecular flexibility index (Phi) is 6.45. The first-order valence-electron chi connectivity index (χ1n) is 12.0. The third-order valence-corrected chi connectivity index (χ3v) is 9.13. The molecule has 1 N–H and O–H groups in total. The predicted molar refractivity (Wildman–Crippen MR) is 129 cm³/mol. The van der Waals surface area contributed by atoms with Crippen LogP contribution in [-0.2, 0) is 14.6 Å². The summed E-state index contributed by atoms with van der Waals surface area (Å²) in [5.41, 5.74) is -0.912. The van der Waals surface area contributed by atoms with Gasteiger partial charge in [-0.3, -0.25) is 15.2 Å². The normalized spacial score (nSPS) is 24.0. The number of sulfonamides is 1. The lowest BCUT2D eigenvalue weighted by Crippen LogP contribution is -2.58. The molecule has 7 nitrogen and oxygen atoms in total. The highest BCUT2D eigenvalue weighted by Crippen LogP contribution is 2.40. The van der Waals surface area contributed by atoms with E-state index in [9.17, 15) is 22.3 Å². The standard InChI is InChI=1S/C25H28F2N4O3S/c26-18-15-19(27)17-21(16-18)31-24(32)29-23(28-20-7-3-1-4-8-20)25(31)11-13-30(14-12-25)35(33,34)22-9-5-2-6-10-22/h2,5-6,9-10,15-17,20H,1,3-4,7-8,11-14H2,(H-,28,29,32,33,34). The molecule has 1 aliphatic carbocycles. The van der Waals surface area contributed by atoms with Crippen molar-refractivity contribution in [2.24, 2.45) is 4.99 Å². The van der Waals surface area contributed by atoms with Crippen molar-refractivity contribution in [1.29, 1.82) is 0 Å². The predicted octanol–water partition coefficient (Wildman–Crippen LogP) is 4.66. The number of hydrogen-bond donors (Lipinski definition) is 1. The van der Waals surface area contributed by atoms with Crippen molar-refractivity contribution in [3.63, 3.8) is 0 Å². The number of amidine groups is 1. The number of carbonyl (C=O) groups is 1. The molecular weight excluding hydrogens is 474 g/mol. The second-order valence-electron chi connectivity index (χ2n) is 9.41. The maximum Gasteiger partial charge on any atom is 0.328 e. The number of benzene rings is 2. The van der Waals surface area contributed by atoms with Crippen LogP contribution in [0.15, 0.2) is 58.4 Å². The number of anilines is 1. The summed E-state index contributed by atoms with van der Waals surface area (Å²) in [5, 5.41) is 2.86. The zero-order chi connectivity index (χ0) is 24.6. The van der Waals surface area contributed by atoms with Crippen molar-refractivity contribution < 1.29 is 22.3 Å². The van der Waals surface area contributed by atoms with Gasteiger partial charge in [-0.05, 0) is 49.9 Å². The number of urea groups is 1. The Labute approximate surface area is 204 Å². The number of carbonyl (C=O) groups excluding carboxylic acids is 1. The Morgan fingerprint density at radius 3 is 2.26 bits per heavy atom. The number of aliphatic imine (C=N–C) groups is 1. The zero-order valence-electron chi connectivity index (χ0n) is 19.3. The first kappa shape index (κ1) is 24.0. The topological polar surface area (TPSA) is 88.1 Å². The van der Waals surface area contributed by atoms with E-state index >= 15 is 0 Å². The minimum Gasteiger partial charge on any atom is -0.593 e. The Bertz CT molecular complexity index is 1160. The Morgan fingerprint density at radius 2 is 1.63 bits per heavy atom. The molecule has 1 saturated carbocycles. The summed E-state index contributed by atoms with van der Waals surface area (Å²) >= 11 is 0. The fraction of sp³-hybridized carbons (Fsp3) is 0.440. The molecule has 2 aliphatic heterocycles. The highest BCUT2D eigenvalue weighted by molar-refractivity contribution is 7.95. The van der Waals surface area contributed by atoms with Gasteiger partial charge in [-0.1, -0.05) is 41.7 Å². The molecule has 0 bridgehead atoms. The average Bonchev–Trinajstić information content (AvgIpc) is 3.10. The second-order valence-corrected chi connectivity index (χ2v) is 11.3. The van der Waals surface area contributed by atoms with Gasteiger partial charge >= 0.3 is 6.03 Å². The van der Waals surface area contributed by atoms with Crippen molar-refractivity contribution in [2.45, 2.75) is 61.4 Å². The van der Waals surface area contributed by atoms with Crippen LogP contribution in [0, 0.1) is 11.6 Å². The van der Waals surface area contributed by atoms with Crippen LogP contribution in [0.5, 0.6) is 0 Å². The van der Waals surface area contributed by atoms with E-state index in [0.29, 0.717) is 5.84 Å². The quantitative estimate of drug-likeness (QED) is 0.617. The molecular formula is C25H28F2N4O3S. The van der Waals surface area contributed by atoms with E-state index in [4.69, 9.17) is 4.99 Å². The molecule has 186 valence electrons. The molecule has 0 radical (unpaired) electrons. The van der Waals surface area contributed by atoms with Gasteiger partial charge in [-0.15, -0.1) is 4.31 Å². The van der Waals surface area contributed by atoms with Gasteiger partial charge in [0.15, 0.2) is 15.3 Å². The minimum atomic E-state index is -3.71. The Balaban J connectivity index is 1.50. The fourth-order valence-corrected chi connectivity index (χ4v) is 6.91. The third kappa shape index (κ3) is 4.50. The summed E-state index contributed by atoms with van der Waals surface area (Å²) in [4.78, 5) is 19.7. The number of amides is 2. The van der Waals surface area contributed by atoms with Crippen molar-refractivity contribution in [3.05, 3.63) is 60.2 Å². The molecule has 3 aliphatic rings. The molecule has 0 aromatic heterocycles. The maximum absolute atomic E-state index is 14.1. The average molecular weight is 503 g/mol. The van der Waals surface area contributed by atoms with Crippen LogP contribution in [0.2, 0.25) is 0 Å². The van der Waals surface area contributed by atoms with Gasteiger partial charge in [0.1, 0.15) is 23.0 Å². The van der Waals surface area contributed by atoms with Crippen LogP contribution in [-0.4, -0.2) is 45.4 Å². The van der Waals surface area contributed by atoms with E-state index in [1.165, 1.54) is 9.21 Å². The van der Waals surface area contributed by atoms with Gasteiger partial charge in [-0.25, -0.2) is 13.6 Å². The number of nitrogens with one attached hydrogen (secondary N) is 1. The number of rotatable bonds is 4. The van der Waals surface area contributed by atoms with Crippen LogP contribution in [0.4, 0.5) is 19.3 Å². The molecule has 2 amide bonds. The van der Waals surface area contributed by atoms with Crippen molar-refractivity contribution >= 4 is 28.0 Å². The molecule has 2 heterocycles. The van der Waals surface area contributed by atoms with Crippen molar-refractivity contribution in [1.82, 2.24) is 9.62 Å². The Hall–Kier alpha value is -2.69. The van der Waals surface area contributed by atoms with E-state index in [2.05, 4.69) is 5.32 Å². The van der Waals surface area contributed by atoms with Gasteiger partial charge in [0, 0.05) is 19.2 Å². The summed E-state index contributed by atoms with van der Waals surface area (Å²) < 4.78 is 56.0. The van der Waals surface area contributed by atoms with E-state index in [-0.39, 0.29) is 42.6 Å². The van der Waals surface area contributed by atoms with Crippen LogP contribution in [0.1, 0.15) is 44.9 Å². The molecule has 35 heavy (non-hydrogen) atoms. The van der Waals surface area contributed by atoms with Crippen molar-refractivity contribution in [3.8, 4) is 0 Å². The van der Waals surface area contributed by atoms with Gasteiger partial charge in [0.05, 0.1) is 11.7 Å². The number of piperidine rings is 1. The van der Waals surface area contributed by atoms with Crippen LogP contribution in [0.25, 0.3) is 0 Å². The Morgan fingerprint density at radius 1 is 1.00 bits per heavy atom. The number of nitrogens with zero attached hydrogens (tertiary/aromatic N) is 3. The first-order chi connectivity index (χ1) is 16.8. The van der Waals surface area contributed by atoms with Gasteiger partial charge in [-0.2, -0.15) is 0 Å². The third-order valence-electron chi connectivity index (χ3n) is 7.22. The maximum atomic E-state index is 14.1.